The summed E-state index contributed by atoms with van der Waals surface area (Å²) in [6, 6.07) is 1.44. The van der Waals surface area contributed by atoms with Crippen LogP contribution in [0, 0.1) is 17.6 Å². The van der Waals surface area contributed by atoms with Crippen LogP contribution in [0.15, 0.2) is 40.0 Å². The molecule has 4 rings (SSSR count). The van der Waals surface area contributed by atoms with Gasteiger partial charge in [0.25, 0.3) is 0 Å². The monoisotopic (exact) mass is 596 g/mol. The second-order valence-electron chi connectivity index (χ2n) is 9.57. The highest BCUT2D eigenvalue weighted by atomic mass is 35.5. The first-order chi connectivity index (χ1) is 19.2. The van der Waals surface area contributed by atoms with Crippen LogP contribution in [0.5, 0.6) is 0 Å². The molecule has 2 aromatic rings. The molecule has 2 aliphatic rings. The van der Waals surface area contributed by atoms with Gasteiger partial charge in [0.05, 0.1) is 24.3 Å². The number of carbonyl (C=O) groups excluding carboxylic acids is 2. The van der Waals surface area contributed by atoms with E-state index in [4.69, 9.17) is 25.8 Å². The normalized spacial score (nSPS) is 21.9. The van der Waals surface area contributed by atoms with Crippen molar-refractivity contribution in [3.63, 3.8) is 0 Å². The molecule has 1 aliphatic carbocycles. The molecule has 1 aromatic heterocycles. The molecule has 0 bridgehead atoms. The number of aromatic nitrogens is 1. The number of aliphatic imine (C=N–C) groups is 1. The summed E-state index contributed by atoms with van der Waals surface area (Å²) in [7, 11) is 2.81. The summed E-state index contributed by atoms with van der Waals surface area (Å²) in [6.07, 6.45) is 4.23. The SMILES string of the molecule is COC[C@@H](CNC1CCC(C2=C(C(=O)OC)C(c3ccc(F)c(F)c3Cl)N=C(c3nccs3)N2)CC1)OC(C)=O. The van der Waals surface area contributed by atoms with Gasteiger partial charge in [-0.3, -0.25) is 9.79 Å². The predicted molar refractivity (Wildman–Crippen MR) is 146 cm³/mol. The molecule has 2 heterocycles. The molecule has 1 fully saturated rings. The standard InChI is InChI=1S/C27H31ClF2N4O5S/c1-14(35)39-17(13-37-2)12-32-16-6-4-15(5-7-16)23-20(27(36)38-3)24(18-8-9-19(29)22(30)21(18)28)34-25(33-23)26-31-10-11-40-26/h8-11,15-17,24,32H,4-7,12-13H2,1-3H3,(H,33,34)/t15?,16?,17-,24?/m1/s1. The highest BCUT2D eigenvalue weighted by molar-refractivity contribution is 7.11. The molecule has 0 radical (unpaired) electrons. The predicted octanol–water partition coefficient (Wildman–Crippen LogP) is 4.32. The molecular formula is C27H31ClF2N4O5S. The first kappa shape index (κ1) is 30.0. The number of halogens is 3. The van der Waals surface area contributed by atoms with Gasteiger partial charge in [-0.2, -0.15) is 0 Å². The van der Waals surface area contributed by atoms with Crippen molar-refractivity contribution >= 4 is 40.7 Å². The number of nitrogens with one attached hydrogen (secondary N) is 2. The topological polar surface area (TPSA) is 111 Å². The second kappa shape index (κ2) is 13.6. The summed E-state index contributed by atoms with van der Waals surface area (Å²) < 4.78 is 44.0. The summed E-state index contributed by atoms with van der Waals surface area (Å²) >= 11 is 7.60. The number of ether oxygens (including phenoxy) is 3. The molecule has 0 saturated heterocycles. The summed E-state index contributed by atoms with van der Waals surface area (Å²) in [6.45, 7) is 2.10. The summed E-state index contributed by atoms with van der Waals surface area (Å²) in [4.78, 5) is 33.6. The van der Waals surface area contributed by atoms with Crippen LogP contribution in [-0.2, 0) is 23.8 Å². The van der Waals surface area contributed by atoms with Crippen molar-refractivity contribution in [2.24, 2.45) is 10.9 Å². The van der Waals surface area contributed by atoms with Crippen LogP contribution in [0.25, 0.3) is 0 Å². The third-order valence-electron chi connectivity index (χ3n) is 6.93. The zero-order valence-electron chi connectivity index (χ0n) is 22.3. The Morgan fingerprint density at radius 1 is 1.23 bits per heavy atom. The molecule has 9 nitrogen and oxygen atoms in total. The van der Waals surface area contributed by atoms with E-state index in [1.165, 1.54) is 31.4 Å². The van der Waals surface area contributed by atoms with Crippen molar-refractivity contribution < 1.29 is 32.6 Å². The van der Waals surface area contributed by atoms with Gasteiger partial charge < -0.3 is 24.8 Å². The first-order valence-electron chi connectivity index (χ1n) is 12.8. The molecule has 1 unspecified atom stereocenters. The number of carbonyl (C=O) groups is 2. The molecular weight excluding hydrogens is 566 g/mol. The van der Waals surface area contributed by atoms with Crippen molar-refractivity contribution in [3.05, 3.63) is 62.2 Å². The van der Waals surface area contributed by atoms with Crippen LogP contribution in [0.2, 0.25) is 5.02 Å². The van der Waals surface area contributed by atoms with Gasteiger partial charge in [-0.15, -0.1) is 11.3 Å². The van der Waals surface area contributed by atoms with Gasteiger partial charge in [0, 0.05) is 49.5 Å². The molecule has 216 valence electrons. The van der Waals surface area contributed by atoms with Crippen LogP contribution in [0.4, 0.5) is 8.78 Å². The first-order valence-corrected chi connectivity index (χ1v) is 14.1. The van der Waals surface area contributed by atoms with E-state index in [1.54, 1.807) is 18.7 Å². The average molecular weight is 597 g/mol. The number of benzene rings is 1. The summed E-state index contributed by atoms with van der Waals surface area (Å²) in [5, 5.41) is 8.69. The minimum absolute atomic E-state index is 0.0765. The quantitative estimate of drug-likeness (QED) is 0.308. The number of hydrogen-bond donors (Lipinski definition) is 2. The fourth-order valence-corrected chi connectivity index (χ4v) is 5.93. The maximum Gasteiger partial charge on any atom is 0.338 e. The van der Waals surface area contributed by atoms with E-state index in [0.29, 0.717) is 35.9 Å². The number of allylic oxidation sites excluding steroid dienone is 1. The molecule has 2 N–H and O–H groups in total. The van der Waals surface area contributed by atoms with E-state index in [0.717, 1.165) is 18.9 Å². The lowest BCUT2D eigenvalue weighted by Crippen LogP contribution is -2.43. The van der Waals surface area contributed by atoms with Gasteiger partial charge in [-0.1, -0.05) is 17.7 Å². The fourth-order valence-electron chi connectivity index (χ4n) is 5.09. The Balaban J connectivity index is 1.62. The zero-order chi connectivity index (χ0) is 28.8. The highest BCUT2D eigenvalue weighted by Crippen LogP contribution is 2.41. The number of esters is 2. The van der Waals surface area contributed by atoms with Crippen LogP contribution in [0.1, 0.15) is 49.2 Å². The number of thiazole rings is 1. The number of amidine groups is 1. The number of methoxy groups -OCH3 is 2. The van der Waals surface area contributed by atoms with Crippen molar-refractivity contribution in [1.29, 1.82) is 0 Å². The number of nitrogens with zero attached hydrogens (tertiary/aromatic N) is 2. The van der Waals surface area contributed by atoms with Crippen molar-refractivity contribution in [2.75, 3.05) is 27.4 Å². The largest absolute Gasteiger partial charge is 0.466 e. The Morgan fingerprint density at radius 3 is 2.60 bits per heavy atom. The van der Waals surface area contributed by atoms with Crippen molar-refractivity contribution in [2.45, 2.75) is 50.8 Å². The molecule has 1 saturated carbocycles. The van der Waals surface area contributed by atoms with E-state index in [9.17, 15) is 18.4 Å². The Labute approximate surface area is 240 Å². The Kier molecular flexibility index (Phi) is 10.2. The molecule has 1 aromatic carbocycles. The Morgan fingerprint density at radius 2 is 1.98 bits per heavy atom. The lowest BCUT2D eigenvalue weighted by atomic mass is 9.80. The smallest absolute Gasteiger partial charge is 0.338 e. The van der Waals surface area contributed by atoms with Gasteiger partial charge >= 0.3 is 11.9 Å². The van der Waals surface area contributed by atoms with Crippen molar-refractivity contribution in [1.82, 2.24) is 15.6 Å². The Hall–Kier alpha value is -2.93. The maximum atomic E-state index is 14.5. The lowest BCUT2D eigenvalue weighted by Gasteiger charge is -2.35. The zero-order valence-corrected chi connectivity index (χ0v) is 23.9. The molecule has 0 spiro atoms. The molecule has 0 amide bonds. The molecule has 40 heavy (non-hydrogen) atoms. The fraction of sp³-hybridized carbons (Fsp3) is 0.481. The maximum absolute atomic E-state index is 14.5. The highest BCUT2D eigenvalue weighted by Gasteiger charge is 2.38. The molecule has 2 atom stereocenters. The average Bonchev–Trinajstić information content (AvgIpc) is 3.49. The van der Waals surface area contributed by atoms with Crippen LogP contribution >= 0.6 is 22.9 Å². The Bertz CT molecular complexity index is 1280. The van der Waals surface area contributed by atoms with Crippen LogP contribution in [0.3, 0.4) is 0 Å². The van der Waals surface area contributed by atoms with E-state index < -0.39 is 34.8 Å². The lowest BCUT2D eigenvalue weighted by molar-refractivity contribution is -0.148. The van der Waals surface area contributed by atoms with Gasteiger partial charge in [-0.05, 0) is 37.7 Å². The molecule has 1 aliphatic heterocycles. The second-order valence-corrected chi connectivity index (χ2v) is 10.8. The van der Waals surface area contributed by atoms with Gasteiger partial charge in [0.1, 0.15) is 12.1 Å². The third-order valence-corrected chi connectivity index (χ3v) is 8.09. The minimum Gasteiger partial charge on any atom is -0.466 e. The van der Waals surface area contributed by atoms with Crippen LogP contribution < -0.4 is 10.6 Å². The third kappa shape index (κ3) is 6.85. The van der Waals surface area contributed by atoms with Crippen molar-refractivity contribution in [3.8, 4) is 0 Å². The minimum atomic E-state index is -1.21. The number of rotatable bonds is 10. The van der Waals surface area contributed by atoms with E-state index in [-0.39, 0.29) is 35.7 Å². The van der Waals surface area contributed by atoms with E-state index in [1.807, 2.05) is 0 Å². The van der Waals surface area contributed by atoms with Crippen LogP contribution in [-0.4, -0.2) is 62.3 Å². The van der Waals surface area contributed by atoms with E-state index >= 15 is 0 Å². The summed E-state index contributed by atoms with van der Waals surface area (Å²) in [5.41, 5.74) is 0.953. The summed E-state index contributed by atoms with van der Waals surface area (Å²) in [5.74, 6) is -2.98. The van der Waals surface area contributed by atoms with Gasteiger partial charge in [0.2, 0.25) is 0 Å². The number of hydrogen-bond acceptors (Lipinski definition) is 10. The van der Waals surface area contributed by atoms with Gasteiger partial charge in [0.15, 0.2) is 22.5 Å². The van der Waals surface area contributed by atoms with E-state index in [2.05, 4.69) is 20.6 Å². The molecule has 13 heteroatoms. The van der Waals surface area contributed by atoms with Gasteiger partial charge in [-0.25, -0.2) is 18.6 Å².